The Bertz CT molecular complexity index is 490. The van der Waals surface area contributed by atoms with E-state index >= 15 is 0 Å². The average Bonchev–Trinajstić information content (AvgIpc) is 2.65. The van der Waals surface area contributed by atoms with E-state index in [4.69, 9.17) is 34.8 Å². The van der Waals surface area contributed by atoms with Crippen LogP contribution < -0.4 is 4.90 Å². The molecule has 1 aliphatic rings. The molecule has 1 aliphatic heterocycles. The lowest BCUT2D eigenvalue weighted by Gasteiger charge is -2.18. The lowest BCUT2D eigenvalue weighted by molar-refractivity contribution is -0.120. The highest BCUT2D eigenvalue weighted by atomic mass is 35.5. The molecule has 0 spiro atoms. The summed E-state index contributed by atoms with van der Waals surface area (Å²) in [6, 6.07) is 5.03. The first-order valence-electron chi connectivity index (χ1n) is 4.94. The Kier molecular flexibility index (Phi) is 3.61. The van der Waals surface area contributed by atoms with Crippen molar-refractivity contribution in [3.05, 3.63) is 28.2 Å². The predicted molar refractivity (Wildman–Crippen MR) is 67.8 cm³/mol. The van der Waals surface area contributed by atoms with Gasteiger partial charge < -0.3 is 4.90 Å². The normalized spacial score (nSPS) is 19.8. The number of hydrogen-bond acceptors (Lipinski definition) is 2. The molecule has 0 bridgehead atoms. The van der Waals surface area contributed by atoms with Gasteiger partial charge in [0.15, 0.2) is 0 Å². The van der Waals surface area contributed by atoms with E-state index in [1.165, 1.54) is 4.90 Å². The van der Waals surface area contributed by atoms with Gasteiger partial charge in [0.25, 0.3) is 0 Å². The van der Waals surface area contributed by atoms with Crippen LogP contribution >= 0.6 is 34.8 Å². The highest BCUT2D eigenvalue weighted by Crippen LogP contribution is 2.35. The van der Waals surface area contributed by atoms with E-state index < -0.39 is 11.2 Å². The van der Waals surface area contributed by atoms with Crippen LogP contribution in [0.3, 0.4) is 0 Å². The van der Waals surface area contributed by atoms with E-state index in [-0.39, 0.29) is 18.9 Å². The summed E-state index contributed by atoms with van der Waals surface area (Å²) in [7, 11) is 0. The molecule has 17 heavy (non-hydrogen) atoms. The van der Waals surface area contributed by atoms with Crippen molar-refractivity contribution in [2.75, 3.05) is 11.4 Å². The maximum Gasteiger partial charge on any atom is 0.227 e. The molecule has 1 heterocycles. The smallest absolute Gasteiger partial charge is 0.227 e. The van der Waals surface area contributed by atoms with Gasteiger partial charge in [0, 0.05) is 13.0 Å². The lowest BCUT2D eigenvalue weighted by atomic mass is 10.1. The molecule has 3 nitrogen and oxygen atoms in total. The molecule has 1 aromatic carbocycles. The van der Waals surface area contributed by atoms with E-state index in [9.17, 15) is 9.59 Å². The van der Waals surface area contributed by atoms with Crippen molar-refractivity contribution in [2.24, 2.45) is 5.92 Å². The molecule has 0 aromatic heterocycles. The van der Waals surface area contributed by atoms with Crippen molar-refractivity contribution in [2.45, 2.75) is 6.42 Å². The zero-order chi connectivity index (χ0) is 12.6. The van der Waals surface area contributed by atoms with Crippen LogP contribution in [0.25, 0.3) is 0 Å². The fraction of sp³-hybridized carbons (Fsp3) is 0.273. The molecular weight excluding hydrogens is 284 g/mol. The van der Waals surface area contributed by atoms with Crippen molar-refractivity contribution in [1.29, 1.82) is 0 Å². The van der Waals surface area contributed by atoms with Gasteiger partial charge in [-0.05, 0) is 23.7 Å². The first-order valence-corrected chi connectivity index (χ1v) is 6.08. The van der Waals surface area contributed by atoms with E-state index in [1.807, 2.05) is 0 Å². The van der Waals surface area contributed by atoms with Gasteiger partial charge in [0.2, 0.25) is 11.1 Å². The maximum absolute atomic E-state index is 11.8. The Labute approximate surface area is 113 Å². The molecule has 1 atom stereocenters. The second-order valence-electron chi connectivity index (χ2n) is 3.78. The Morgan fingerprint density at radius 3 is 2.65 bits per heavy atom. The summed E-state index contributed by atoms with van der Waals surface area (Å²) < 4.78 is 0. The number of carbonyl (C=O) groups is 2. The molecule has 0 saturated carbocycles. The van der Waals surface area contributed by atoms with E-state index in [0.29, 0.717) is 15.7 Å². The van der Waals surface area contributed by atoms with Gasteiger partial charge in [-0.3, -0.25) is 9.59 Å². The highest BCUT2D eigenvalue weighted by Gasteiger charge is 2.35. The van der Waals surface area contributed by atoms with Crippen molar-refractivity contribution in [1.82, 2.24) is 0 Å². The molecule has 90 valence electrons. The van der Waals surface area contributed by atoms with Crippen LogP contribution in [0.2, 0.25) is 10.0 Å². The largest absolute Gasteiger partial charge is 0.310 e. The third-order valence-corrected chi connectivity index (χ3v) is 3.79. The van der Waals surface area contributed by atoms with Crippen LogP contribution in [0.4, 0.5) is 5.69 Å². The average molecular weight is 293 g/mol. The minimum atomic E-state index is -0.501. The zero-order valence-corrected chi connectivity index (χ0v) is 10.9. The number of rotatable bonds is 2. The topological polar surface area (TPSA) is 37.4 Å². The Morgan fingerprint density at radius 2 is 2.06 bits per heavy atom. The van der Waals surface area contributed by atoms with Gasteiger partial charge in [-0.2, -0.15) is 0 Å². The number of anilines is 1. The monoisotopic (exact) mass is 291 g/mol. The van der Waals surface area contributed by atoms with Gasteiger partial charge in [-0.15, -0.1) is 0 Å². The van der Waals surface area contributed by atoms with Crippen molar-refractivity contribution < 1.29 is 9.59 Å². The fourth-order valence-corrected chi connectivity index (χ4v) is 2.34. The Morgan fingerprint density at radius 1 is 1.35 bits per heavy atom. The highest BCUT2D eigenvalue weighted by molar-refractivity contribution is 6.64. The molecule has 0 radical (unpaired) electrons. The third kappa shape index (κ3) is 2.41. The number of amides is 1. The van der Waals surface area contributed by atoms with Crippen LogP contribution in [-0.2, 0) is 9.59 Å². The summed E-state index contributed by atoms with van der Waals surface area (Å²) in [6.07, 6.45) is 0.116. The first-order chi connectivity index (χ1) is 8.00. The molecule has 6 heteroatoms. The summed E-state index contributed by atoms with van der Waals surface area (Å²) in [4.78, 5) is 24.3. The maximum atomic E-state index is 11.8. The summed E-state index contributed by atoms with van der Waals surface area (Å²) in [5, 5.41) is 0.182. The van der Waals surface area contributed by atoms with E-state index in [1.54, 1.807) is 18.2 Å². The predicted octanol–water partition coefficient (Wildman–Crippen LogP) is 3.11. The molecule has 0 N–H and O–H groups in total. The second kappa shape index (κ2) is 4.84. The lowest BCUT2D eigenvalue weighted by Crippen LogP contribution is -2.25. The zero-order valence-electron chi connectivity index (χ0n) is 8.62. The van der Waals surface area contributed by atoms with Crippen molar-refractivity contribution in [3.63, 3.8) is 0 Å². The fourth-order valence-electron chi connectivity index (χ4n) is 1.79. The van der Waals surface area contributed by atoms with E-state index in [0.717, 1.165) is 0 Å². The summed E-state index contributed by atoms with van der Waals surface area (Å²) in [5.74, 6) is -0.646. The van der Waals surface area contributed by atoms with Gasteiger partial charge >= 0.3 is 0 Å². The molecule has 0 aliphatic carbocycles. The van der Waals surface area contributed by atoms with Crippen molar-refractivity contribution >= 4 is 51.6 Å². The minimum absolute atomic E-state index is 0.116. The third-order valence-electron chi connectivity index (χ3n) is 2.67. The molecule has 2 rings (SSSR count). The number of nitrogens with zero attached hydrogens (tertiary/aromatic N) is 1. The van der Waals surface area contributed by atoms with Crippen LogP contribution in [0, 0.1) is 5.92 Å². The van der Waals surface area contributed by atoms with Crippen LogP contribution in [0.5, 0.6) is 0 Å². The number of benzene rings is 1. The summed E-state index contributed by atoms with van der Waals surface area (Å²) in [5.41, 5.74) is 0.518. The van der Waals surface area contributed by atoms with Crippen LogP contribution in [-0.4, -0.2) is 17.7 Å². The van der Waals surface area contributed by atoms with E-state index in [2.05, 4.69) is 0 Å². The molecule has 1 saturated heterocycles. The van der Waals surface area contributed by atoms with Crippen LogP contribution in [0.15, 0.2) is 18.2 Å². The van der Waals surface area contributed by atoms with Crippen LogP contribution in [0.1, 0.15) is 6.42 Å². The van der Waals surface area contributed by atoms with Gasteiger partial charge in [0.1, 0.15) is 0 Å². The molecule has 1 fully saturated rings. The standard InChI is InChI=1S/C11H8Cl3NO2/c12-7-2-1-3-8(10(7)13)15-5-6(11(14)17)4-9(15)16/h1-3,6H,4-5H2/t6-/m1/s1. The minimum Gasteiger partial charge on any atom is -0.310 e. The summed E-state index contributed by atoms with van der Waals surface area (Å²) >= 11 is 17.3. The quantitative estimate of drug-likeness (QED) is 0.785. The molecule has 0 unspecified atom stereocenters. The molecular formula is C11H8Cl3NO2. The molecule has 1 aromatic rings. The number of hydrogen-bond donors (Lipinski definition) is 0. The Hall–Kier alpha value is -0.770. The van der Waals surface area contributed by atoms with Gasteiger partial charge in [-0.1, -0.05) is 29.3 Å². The number of halogens is 3. The molecule has 1 amide bonds. The Balaban J connectivity index is 2.32. The summed E-state index contributed by atoms with van der Waals surface area (Å²) in [6.45, 7) is 0.251. The number of carbonyl (C=O) groups excluding carboxylic acids is 2. The van der Waals surface area contributed by atoms with Gasteiger partial charge in [0.05, 0.1) is 21.7 Å². The second-order valence-corrected chi connectivity index (χ2v) is 4.94. The van der Waals surface area contributed by atoms with Gasteiger partial charge in [-0.25, -0.2) is 0 Å². The SMILES string of the molecule is O=C(Cl)[C@@H]1CC(=O)N(c2cccc(Cl)c2Cl)C1. The van der Waals surface area contributed by atoms with Crippen molar-refractivity contribution in [3.8, 4) is 0 Å². The first kappa shape index (κ1) is 12.7.